The van der Waals surface area contributed by atoms with E-state index in [2.05, 4.69) is 69.3 Å². The third kappa shape index (κ3) is 7.24. The predicted molar refractivity (Wildman–Crippen MR) is 214 cm³/mol. The molecule has 2 atom stereocenters. The van der Waals surface area contributed by atoms with E-state index in [0.717, 1.165) is 32.8 Å². The second-order valence-electron chi connectivity index (χ2n) is 14.9. The molecule has 1 aliphatic rings. The third-order valence-corrected chi connectivity index (χ3v) is 15.3. The molecule has 7 heteroatoms. The summed E-state index contributed by atoms with van der Waals surface area (Å²) in [5.41, 5.74) is 1.42. The molecule has 6 nitrogen and oxygen atoms in total. The average Bonchev–Trinajstić information content (AvgIpc) is 3.51. The van der Waals surface area contributed by atoms with Crippen molar-refractivity contribution in [3.63, 3.8) is 0 Å². The van der Waals surface area contributed by atoms with E-state index >= 15 is 0 Å². The number of carbonyl (C=O) groups is 2. The Hall–Kier alpha value is -5.24. The Morgan fingerprint density at radius 1 is 0.774 bits per heavy atom. The quantitative estimate of drug-likeness (QED) is 0.0949. The number of rotatable bonds is 12. The van der Waals surface area contributed by atoms with Gasteiger partial charge >= 0.3 is 6.09 Å². The molecule has 1 fully saturated rings. The molecular formula is C46H49NO5Si. The Bertz CT molecular complexity index is 1910. The van der Waals surface area contributed by atoms with Crippen molar-refractivity contribution in [1.82, 2.24) is 4.90 Å². The number of ether oxygens (including phenoxy) is 2. The van der Waals surface area contributed by atoms with Crippen LogP contribution >= 0.6 is 0 Å². The molecule has 0 N–H and O–H groups in total. The largest absolute Gasteiger partial charge is 0.497 e. The van der Waals surface area contributed by atoms with Crippen molar-refractivity contribution in [1.29, 1.82) is 0 Å². The van der Waals surface area contributed by atoms with Gasteiger partial charge in [0.05, 0.1) is 19.3 Å². The molecule has 0 spiro atoms. The van der Waals surface area contributed by atoms with Crippen molar-refractivity contribution in [2.75, 3.05) is 7.11 Å². The fourth-order valence-corrected chi connectivity index (χ4v) is 12.6. The van der Waals surface area contributed by atoms with Gasteiger partial charge in [0.2, 0.25) is 0 Å². The van der Waals surface area contributed by atoms with Crippen molar-refractivity contribution >= 4 is 30.7 Å². The van der Waals surface area contributed by atoms with Gasteiger partial charge in [0, 0.05) is 11.1 Å². The number of carbonyl (C=O) groups excluding carboxylic acids is 2. The molecule has 1 aliphatic heterocycles. The lowest BCUT2D eigenvalue weighted by Crippen LogP contribution is -2.66. The van der Waals surface area contributed by atoms with Crippen LogP contribution in [-0.4, -0.2) is 38.4 Å². The van der Waals surface area contributed by atoms with E-state index in [0.29, 0.717) is 6.42 Å². The Kier molecular flexibility index (Phi) is 11.2. The van der Waals surface area contributed by atoms with Crippen molar-refractivity contribution in [3.8, 4) is 5.75 Å². The van der Waals surface area contributed by atoms with Gasteiger partial charge in [-0.25, -0.2) is 9.69 Å². The molecule has 1 heterocycles. The molecule has 0 radical (unpaired) electrons. The minimum Gasteiger partial charge on any atom is -0.497 e. The SMILES string of the molecule is COc1ccc([C@@H](C/C=C/C(=O)N2C(=O)OC(c3ccccc3)(c3ccccc3)C2C(C)C)O[Si](c2ccccc2)(c2ccccc2)C(C)(C)C)cc1. The van der Waals surface area contributed by atoms with Crippen LogP contribution in [0.25, 0.3) is 0 Å². The van der Waals surface area contributed by atoms with Gasteiger partial charge in [-0.05, 0) is 51.5 Å². The van der Waals surface area contributed by atoms with Crippen LogP contribution in [0.4, 0.5) is 4.79 Å². The summed E-state index contributed by atoms with van der Waals surface area (Å²) in [4.78, 5) is 29.5. The molecule has 53 heavy (non-hydrogen) atoms. The van der Waals surface area contributed by atoms with Crippen LogP contribution in [0.3, 0.4) is 0 Å². The van der Waals surface area contributed by atoms with Gasteiger partial charge in [0.25, 0.3) is 14.2 Å². The molecule has 272 valence electrons. The van der Waals surface area contributed by atoms with Gasteiger partial charge in [-0.2, -0.15) is 0 Å². The Balaban J connectivity index is 1.39. The van der Waals surface area contributed by atoms with Crippen molar-refractivity contribution in [2.24, 2.45) is 5.92 Å². The van der Waals surface area contributed by atoms with Gasteiger partial charge in [-0.15, -0.1) is 0 Å². The second-order valence-corrected chi connectivity index (χ2v) is 19.2. The van der Waals surface area contributed by atoms with Crippen LogP contribution in [-0.2, 0) is 19.6 Å². The zero-order valence-corrected chi connectivity index (χ0v) is 32.4. The van der Waals surface area contributed by atoms with E-state index in [4.69, 9.17) is 13.9 Å². The number of nitrogens with zero attached hydrogens (tertiary/aromatic N) is 1. The van der Waals surface area contributed by atoms with Crippen LogP contribution in [0, 0.1) is 5.92 Å². The van der Waals surface area contributed by atoms with Crippen molar-refractivity contribution < 1.29 is 23.5 Å². The summed E-state index contributed by atoms with van der Waals surface area (Å²) in [6.07, 6.45) is 2.65. The molecule has 0 bridgehead atoms. The summed E-state index contributed by atoms with van der Waals surface area (Å²) in [7, 11) is -1.33. The summed E-state index contributed by atoms with van der Waals surface area (Å²) < 4.78 is 19.4. The first-order valence-corrected chi connectivity index (χ1v) is 20.2. The monoisotopic (exact) mass is 723 g/mol. The number of benzene rings is 5. The summed E-state index contributed by atoms with van der Waals surface area (Å²) in [6, 6.07) is 47.8. The molecule has 2 amide bonds. The number of hydrogen-bond acceptors (Lipinski definition) is 5. The highest BCUT2D eigenvalue weighted by molar-refractivity contribution is 6.99. The topological polar surface area (TPSA) is 65.1 Å². The van der Waals surface area contributed by atoms with Crippen LogP contribution in [0.15, 0.2) is 158 Å². The minimum atomic E-state index is -2.99. The number of hydrogen-bond donors (Lipinski definition) is 0. The number of methoxy groups -OCH3 is 1. The van der Waals surface area contributed by atoms with E-state index in [9.17, 15) is 9.59 Å². The maximum absolute atomic E-state index is 14.3. The second kappa shape index (κ2) is 15.8. The molecule has 0 aliphatic carbocycles. The minimum absolute atomic E-state index is 0.121. The summed E-state index contributed by atoms with van der Waals surface area (Å²) in [5, 5.41) is 2.06. The smallest absolute Gasteiger partial charge is 0.418 e. The van der Waals surface area contributed by atoms with E-state index in [1.165, 1.54) is 11.0 Å². The molecule has 1 unspecified atom stereocenters. The van der Waals surface area contributed by atoms with Crippen LogP contribution in [0.5, 0.6) is 5.75 Å². The molecule has 0 saturated carbocycles. The predicted octanol–water partition coefficient (Wildman–Crippen LogP) is 9.21. The maximum Gasteiger partial charge on any atom is 0.418 e. The Labute approximate surface area is 315 Å². The van der Waals surface area contributed by atoms with E-state index < -0.39 is 38.1 Å². The van der Waals surface area contributed by atoms with Crippen LogP contribution in [0.1, 0.15) is 63.8 Å². The number of cyclic esters (lactones) is 1. The lowest BCUT2D eigenvalue weighted by atomic mass is 9.75. The molecular weight excluding hydrogens is 675 g/mol. The zero-order valence-electron chi connectivity index (χ0n) is 31.4. The first-order chi connectivity index (χ1) is 25.5. The van der Waals surface area contributed by atoms with Crippen molar-refractivity contribution in [3.05, 3.63) is 174 Å². The maximum atomic E-state index is 14.3. The van der Waals surface area contributed by atoms with Gasteiger partial charge in [-0.3, -0.25) is 4.79 Å². The van der Waals surface area contributed by atoms with Crippen molar-refractivity contribution in [2.45, 2.75) is 63.8 Å². The van der Waals surface area contributed by atoms with E-state index in [1.807, 2.05) is 117 Å². The van der Waals surface area contributed by atoms with Crippen LogP contribution in [0.2, 0.25) is 5.04 Å². The van der Waals surface area contributed by atoms with Gasteiger partial charge in [0.15, 0.2) is 5.60 Å². The Morgan fingerprint density at radius 3 is 1.68 bits per heavy atom. The van der Waals surface area contributed by atoms with E-state index in [1.54, 1.807) is 7.11 Å². The first kappa shape index (κ1) is 37.5. The van der Waals surface area contributed by atoms with Gasteiger partial charge < -0.3 is 13.9 Å². The normalized spacial score (nSPS) is 16.5. The lowest BCUT2D eigenvalue weighted by molar-refractivity contribution is -0.125. The standard InChI is InChI=1S/C46H49NO5Si/c1-34(2)43-46(36-20-11-7-12-21-36,37-22-13-8-14-23-37)51-44(49)47(43)42(48)29-19-28-41(35-30-32-38(50-6)33-31-35)52-53(45(3,4)5,39-24-15-9-16-25-39)40-26-17-10-18-27-40/h7-27,29-34,41,43H,28H2,1-6H3/b29-19+/t41-,43?/m1/s1. The summed E-state index contributed by atoms with van der Waals surface area (Å²) in [5.74, 6) is 0.197. The molecule has 5 aromatic rings. The fraction of sp³-hybridized carbons (Fsp3) is 0.261. The van der Waals surface area contributed by atoms with Gasteiger partial charge in [0.1, 0.15) is 5.75 Å². The van der Waals surface area contributed by atoms with E-state index in [-0.39, 0.29) is 11.0 Å². The summed E-state index contributed by atoms with van der Waals surface area (Å²) >= 11 is 0. The average molecular weight is 724 g/mol. The van der Waals surface area contributed by atoms with Crippen LogP contribution < -0.4 is 15.1 Å². The highest BCUT2D eigenvalue weighted by Crippen LogP contribution is 2.47. The lowest BCUT2D eigenvalue weighted by Gasteiger charge is -2.45. The first-order valence-electron chi connectivity index (χ1n) is 18.3. The summed E-state index contributed by atoms with van der Waals surface area (Å²) in [6.45, 7) is 10.8. The Morgan fingerprint density at radius 2 is 1.25 bits per heavy atom. The highest BCUT2D eigenvalue weighted by Gasteiger charge is 2.59. The zero-order chi connectivity index (χ0) is 37.6. The number of imide groups is 1. The third-order valence-electron chi connectivity index (χ3n) is 10.2. The molecule has 1 saturated heterocycles. The molecule has 6 rings (SSSR count). The molecule has 0 aromatic heterocycles. The van der Waals surface area contributed by atoms with Gasteiger partial charge in [-0.1, -0.05) is 174 Å². The fourth-order valence-electron chi connectivity index (χ4n) is 7.88. The number of amides is 2. The molecule has 5 aromatic carbocycles. The highest BCUT2D eigenvalue weighted by atomic mass is 28.4.